The molecule has 4 heteroatoms. The molecule has 0 aliphatic carbocycles. The van der Waals surface area contributed by atoms with Crippen LogP contribution >= 0.6 is 0 Å². The van der Waals surface area contributed by atoms with Gasteiger partial charge in [0, 0.05) is 32.1 Å². The van der Waals surface area contributed by atoms with E-state index in [9.17, 15) is 0 Å². The van der Waals surface area contributed by atoms with Crippen LogP contribution in [-0.2, 0) is 11.2 Å². The lowest BCUT2D eigenvalue weighted by atomic mass is 10.2. The monoisotopic (exact) mass is 195 g/mol. The number of aryl methyl sites for hydroxylation is 1. The SMILES string of the molecule is CCc1cncn1C1CNC[C@@H]1OC. The summed E-state index contributed by atoms with van der Waals surface area (Å²) in [7, 11) is 1.77. The number of aromatic nitrogens is 2. The topological polar surface area (TPSA) is 39.1 Å². The largest absolute Gasteiger partial charge is 0.378 e. The van der Waals surface area contributed by atoms with Crippen LogP contribution in [0.2, 0.25) is 0 Å². The average molecular weight is 195 g/mol. The molecule has 1 aromatic rings. The van der Waals surface area contributed by atoms with E-state index in [0.717, 1.165) is 19.5 Å². The highest BCUT2D eigenvalue weighted by Gasteiger charge is 2.28. The molecule has 0 saturated carbocycles. The smallest absolute Gasteiger partial charge is 0.0952 e. The molecule has 2 heterocycles. The van der Waals surface area contributed by atoms with Crippen LogP contribution in [-0.4, -0.2) is 35.9 Å². The molecule has 0 spiro atoms. The van der Waals surface area contributed by atoms with E-state index in [-0.39, 0.29) is 6.10 Å². The third-order valence-corrected chi connectivity index (χ3v) is 2.90. The predicted molar refractivity (Wildman–Crippen MR) is 54.3 cm³/mol. The number of nitrogens with zero attached hydrogens (tertiary/aromatic N) is 2. The fourth-order valence-corrected chi connectivity index (χ4v) is 2.06. The van der Waals surface area contributed by atoms with Gasteiger partial charge in [0.15, 0.2) is 0 Å². The lowest BCUT2D eigenvalue weighted by Gasteiger charge is -2.20. The second-order valence-electron chi connectivity index (χ2n) is 3.65. The van der Waals surface area contributed by atoms with Gasteiger partial charge in [-0.1, -0.05) is 6.92 Å². The standard InChI is InChI=1S/C10H17N3O/c1-3-8-4-12-7-13(8)9-5-11-6-10(9)14-2/h4,7,9-11H,3,5-6H2,1-2H3/t9?,10-/m0/s1. The Morgan fingerprint density at radius 1 is 1.64 bits per heavy atom. The summed E-state index contributed by atoms with van der Waals surface area (Å²) in [5, 5.41) is 3.34. The Labute approximate surface area is 84.3 Å². The van der Waals surface area contributed by atoms with Gasteiger partial charge < -0.3 is 14.6 Å². The zero-order valence-corrected chi connectivity index (χ0v) is 8.73. The third-order valence-electron chi connectivity index (χ3n) is 2.90. The number of nitrogens with one attached hydrogen (secondary N) is 1. The first-order valence-corrected chi connectivity index (χ1v) is 5.11. The van der Waals surface area contributed by atoms with Gasteiger partial charge in [0.1, 0.15) is 0 Å². The number of methoxy groups -OCH3 is 1. The zero-order chi connectivity index (χ0) is 9.97. The van der Waals surface area contributed by atoms with Crippen molar-refractivity contribution in [3.05, 3.63) is 18.2 Å². The molecule has 1 aliphatic rings. The maximum atomic E-state index is 5.44. The Kier molecular flexibility index (Phi) is 2.84. The Balaban J connectivity index is 2.21. The summed E-state index contributed by atoms with van der Waals surface area (Å²) in [6, 6.07) is 0.400. The molecule has 1 saturated heterocycles. The molecular formula is C10H17N3O. The molecule has 0 radical (unpaired) electrons. The number of imidazole rings is 1. The van der Waals surface area contributed by atoms with Gasteiger partial charge in [-0.3, -0.25) is 0 Å². The van der Waals surface area contributed by atoms with Crippen LogP contribution < -0.4 is 5.32 Å². The summed E-state index contributed by atoms with van der Waals surface area (Å²) in [4.78, 5) is 4.19. The Hall–Kier alpha value is -0.870. The highest BCUT2D eigenvalue weighted by Crippen LogP contribution is 2.20. The Bertz CT molecular complexity index is 297. The summed E-state index contributed by atoms with van der Waals surface area (Å²) < 4.78 is 7.67. The molecule has 78 valence electrons. The molecule has 1 aromatic heterocycles. The first-order chi connectivity index (χ1) is 6.86. The van der Waals surface area contributed by atoms with Gasteiger partial charge in [0.2, 0.25) is 0 Å². The van der Waals surface area contributed by atoms with Gasteiger partial charge in [0.05, 0.1) is 18.5 Å². The predicted octanol–water partition coefficient (Wildman–Crippen LogP) is 0.605. The van der Waals surface area contributed by atoms with Crippen molar-refractivity contribution in [2.75, 3.05) is 20.2 Å². The van der Waals surface area contributed by atoms with Gasteiger partial charge in [-0.2, -0.15) is 0 Å². The van der Waals surface area contributed by atoms with Crippen molar-refractivity contribution in [3.63, 3.8) is 0 Å². The summed E-state index contributed by atoms with van der Waals surface area (Å²) in [6.07, 6.45) is 5.13. The molecule has 2 atom stereocenters. The van der Waals surface area contributed by atoms with E-state index in [1.165, 1.54) is 5.69 Å². The molecule has 4 nitrogen and oxygen atoms in total. The molecule has 0 amide bonds. The molecule has 2 rings (SSSR count). The minimum absolute atomic E-state index is 0.273. The molecule has 0 aromatic carbocycles. The highest BCUT2D eigenvalue weighted by atomic mass is 16.5. The normalized spacial score (nSPS) is 27.0. The number of hydrogen-bond acceptors (Lipinski definition) is 3. The molecule has 1 N–H and O–H groups in total. The minimum Gasteiger partial charge on any atom is -0.378 e. The van der Waals surface area contributed by atoms with Crippen LogP contribution in [0, 0.1) is 0 Å². The van der Waals surface area contributed by atoms with Gasteiger partial charge in [-0.05, 0) is 6.42 Å². The number of ether oxygens (including phenoxy) is 1. The van der Waals surface area contributed by atoms with E-state index < -0.39 is 0 Å². The maximum Gasteiger partial charge on any atom is 0.0952 e. The molecule has 1 aliphatic heterocycles. The Morgan fingerprint density at radius 2 is 2.50 bits per heavy atom. The van der Waals surface area contributed by atoms with Crippen LogP contribution in [0.3, 0.4) is 0 Å². The lowest BCUT2D eigenvalue weighted by Crippen LogP contribution is -2.25. The fourth-order valence-electron chi connectivity index (χ4n) is 2.06. The van der Waals surface area contributed by atoms with Gasteiger partial charge in [-0.25, -0.2) is 4.98 Å². The van der Waals surface area contributed by atoms with Crippen molar-refractivity contribution in [3.8, 4) is 0 Å². The van der Waals surface area contributed by atoms with Gasteiger partial charge in [-0.15, -0.1) is 0 Å². The summed E-state index contributed by atoms with van der Waals surface area (Å²) in [5.74, 6) is 0. The molecule has 1 unspecified atom stereocenters. The first-order valence-electron chi connectivity index (χ1n) is 5.11. The van der Waals surface area contributed by atoms with Crippen molar-refractivity contribution < 1.29 is 4.74 Å². The molecular weight excluding hydrogens is 178 g/mol. The molecule has 0 bridgehead atoms. The van der Waals surface area contributed by atoms with Crippen LogP contribution in [0.4, 0.5) is 0 Å². The fraction of sp³-hybridized carbons (Fsp3) is 0.700. The van der Waals surface area contributed by atoms with Crippen molar-refractivity contribution in [1.29, 1.82) is 0 Å². The van der Waals surface area contributed by atoms with Crippen LogP contribution in [0.15, 0.2) is 12.5 Å². The first kappa shape index (κ1) is 9.68. The second-order valence-corrected chi connectivity index (χ2v) is 3.65. The van der Waals surface area contributed by atoms with Gasteiger partial charge >= 0.3 is 0 Å². The van der Waals surface area contributed by atoms with Crippen molar-refractivity contribution in [1.82, 2.24) is 14.9 Å². The minimum atomic E-state index is 0.273. The number of hydrogen-bond donors (Lipinski definition) is 1. The lowest BCUT2D eigenvalue weighted by molar-refractivity contribution is 0.0857. The average Bonchev–Trinajstić information content (AvgIpc) is 2.85. The van der Waals surface area contributed by atoms with E-state index in [1.807, 2.05) is 12.5 Å². The summed E-state index contributed by atoms with van der Waals surface area (Å²) in [5.41, 5.74) is 1.28. The van der Waals surface area contributed by atoms with Crippen LogP contribution in [0.1, 0.15) is 18.7 Å². The van der Waals surface area contributed by atoms with Crippen LogP contribution in [0.25, 0.3) is 0 Å². The van der Waals surface area contributed by atoms with E-state index in [1.54, 1.807) is 7.11 Å². The quantitative estimate of drug-likeness (QED) is 0.768. The highest BCUT2D eigenvalue weighted by molar-refractivity contribution is 5.03. The molecule has 1 fully saturated rings. The zero-order valence-electron chi connectivity index (χ0n) is 8.73. The maximum absolute atomic E-state index is 5.44. The second kappa shape index (κ2) is 4.11. The van der Waals surface area contributed by atoms with E-state index >= 15 is 0 Å². The van der Waals surface area contributed by atoms with E-state index in [4.69, 9.17) is 4.74 Å². The van der Waals surface area contributed by atoms with E-state index in [0.29, 0.717) is 6.04 Å². The van der Waals surface area contributed by atoms with E-state index in [2.05, 4.69) is 21.8 Å². The number of rotatable bonds is 3. The summed E-state index contributed by atoms with van der Waals surface area (Å²) in [6.45, 7) is 4.06. The molecule has 14 heavy (non-hydrogen) atoms. The summed E-state index contributed by atoms with van der Waals surface area (Å²) >= 11 is 0. The van der Waals surface area contributed by atoms with Gasteiger partial charge in [0.25, 0.3) is 0 Å². The third kappa shape index (κ3) is 1.55. The van der Waals surface area contributed by atoms with Crippen molar-refractivity contribution in [2.24, 2.45) is 0 Å². The van der Waals surface area contributed by atoms with Crippen LogP contribution in [0.5, 0.6) is 0 Å². The van der Waals surface area contributed by atoms with Crippen molar-refractivity contribution >= 4 is 0 Å². The van der Waals surface area contributed by atoms with Crippen molar-refractivity contribution in [2.45, 2.75) is 25.5 Å². The Morgan fingerprint density at radius 3 is 3.21 bits per heavy atom.